The monoisotopic (exact) mass is 388 g/mol. The molecule has 1 heterocycles. The van der Waals surface area contributed by atoms with Crippen LogP contribution in [0.2, 0.25) is 0 Å². The minimum Gasteiger partial charge on any atom is -0.336 e. The van der Waals surface area contributed by atoms with E-state index in [0.717, 1.165) is 4.47 Å². The van der Waals surface area contributed by atoms with Gasteiger partial charge < -0.3 is 10.2 Å². The number of sulfone groups is 1. The highest BCUT2D eigenvalue weighted by Gasteiger charge is 2.30. The second-order valence-corrected chi connectivity index (χ2v) is 8.71. The number of nitrogens with zero attached hydrogens (tertiary/aromatic N) is 1. The quantitative estimate of drug-likeness (QED) is 0.849. The largest absolute Gasteiger partial charge is 0.336 e. The molecule has 1 aliphatic heterocycles. The lowest BCUT2D eigenvalue weighted by Gasteiger charge is -2.38. The predicted octanol–water partition coefficient (Wildman–Crippen LogP) is 1.57. The van der Waals surface area contributed by atoms with Crippen LogP contribution in [0.1, 0.15) is 19.4 Å². The van der Waals surface area contributed by atoms with Gasteiger partial charge in [0.25, 0.3) is 0 Å². The van der Waals surface area contributed by atoms with Crippen LogP contribution in [0.15, 0.2) is 28.7 Å². The van der Waals surface area contributed by atoms with Crippen LogP contribution in [0.4, 0.5) is 0 Å². The van der Waals surface area contributed by atoms with Crippen molar-refractivity contribution in [2.75, 3.05) is 18.8 Å². The van der Waals surface area contributed by atoms with Crippen molar-refractivity contribution in [2.24, 2.45) is 0 Å². The molecule has 1 aromatic carbocycles. The lowest BCUT2D eigenvalue weighted by molar-refractivity contribution is -0.132. The van der Waals surface area contributed by atoms with Crippen molar-refractivity contribution in [3.63, 3.8) is 0 Å². The first kappa shape index (κ1) is 17.4. The molecule has 0 aliphatic carbocycles. The van der Waals surface area contributed by atoms with E-state index in [4.69, 9.17) is 0 Å². The van der Waals surface area contributed by atoms with Crippen LogP contribution in [0, 0.1) is 0 Å². The van der Waals surface area contributed by atoms with E-state index in [0.29, 0.717) is 18.7 Å². The predicted molar refractivity (Wildman–Crippen MR) is 90.3 cm³/mol. The minimum atomic E-state index is -3.47. The van der Waals surface area contributed by atoms with Gasteiger partial charge in [0.2, 0.25) is 5.91 Å². The SMILES string of the molecule is CC1NCCN(C(=O)CS(=O)(=O)Cc2cccc(Br)c2)C1C. The lowest BCUT2D eigenvalue weighted by atomic mass is 10.1. The molecule has 2 rings (SSSR count). The molecule has 0 saturated carbocycles. The molecule has 5 nitrogen and oxygen atoms in total. The molecule has 122 valence electrons. The molecule has 1 aromatic rings. The summed E-state index contributed by atoms with van der Waals surface area (Å²) in [4.78, 5) is 14.0. The number of carbonyl (C=O) groups is 1. The van der Waals surface area contributed by atoms with E-state index in [1.54, 1.807) is 23.1 Å². The Morgan fingerprint density at radius 3 is 2.82 bits per heavy atom. The minimum absolute atomic E-state index is 0.00215. The number of rotatable bonds is 4. The average molecular weight is 389 g/mol. The summed E-state index contributed by atoms with van der Waals surface area (Å²) >= 11 is 3.32. The Hall–Kier alpha value is -0.920. The Kier molecular flexibility index (Phi) is 5.63. The molecule has 1 saturated heterocycles. The first-order valence-corrected chi connectivity index (χ1v) is 9.87. The lowest BCUT2D eigenvalue weighted by Crippen LogP contribution is -2.58. The van der Waals surface area contributed by atoms with E-state index in [1.807, 2.05) is 19.9 Å². The van der Waals surface area contributed by atoms with Crippen molar-refractivity contribution in [1.29, 1.82) is 0 Å². The highest BCUT2D eigenvalue weighted by Crippen LogP contribution is 2.16. The summed E-state index contributed by atoms with van der Waals surface area (Å²) in [5, 5.41) is 3.28. The summed E-state index contributed by atoms with van der Waals surface area (Å²) < 4.78 is 25.4. The number of halogens is 1. The van der Waals surface area contributed by atoms with Crippen LogP contribution in [-0.2, 0) is 20.4 Å². The van der Waals surface area contributed by atoms with Gasteiger partial charge in [-0.1, -0.05) is 28.1 Å². The Labute approximate surface area is 140 Å². The van der Waals surface area contributed by atoms with E-state index < -0.39 is 15.6 Å². The number of hydrogen-bond acceptors (Lipinski definition) is 4. The Bertz CT molecular complexity index is 648. The van der Waals surface area contributed by atoms with Crippen molar-refractivity contribution in [3.05, 3.63) is 34.3 Å². The Balaban J connectivity index is 2.03. The molecular weight excluding hydrogens is 368 g/mol. The normalized spacial score (nSPS) is 22.6. The zero-order chi connectivity index (χ0) is 16.3. The third kappa shape index (κ3) is 4.54. The van der Waals surface area contributed by atoms with Crippen LogP contribution in [0.25, 0.3) is 0 Å². The molecule has 1 amide bonds. The van der Waals surface area contributed by atoms with E-state index in [9.17, 15) is 13.2 Å². The van der Waals surface area contributed by atoms with Crippen molar-refractivity contribution >= 4 is 31.7 Å². The molecule has 7 heteroatoms. The van der Waals surface area contributed by atoms with Gasteiger partial charge in [-0.25, -0.2) is 8.42 Å². The van der Waals surface area contributed by atoms with Crippen molar-refractivity contribution in [2.45, 2.75) is 31.7 Å². The van der Waals surface area contributed by atoms with Crippen molar-refractivity contribution < 1.29 is 13.2 Å². The first-order chi connectivity index (χ1) is 10.3. The van der Waals surface area contributed by atoms with Gasteiger partial charge in [-0.05, 0) is 31.5 Å². The summed E-state index contributed by atoms with van der Waals surface area (Å²) in [5.74, 6) is -0.860. The zero-order valence-corrected chi connectivity index (χ0v) is 15.2. The van der Waals surface area contributed by atoms with Gasteiger partial charge in [0.15, 0.2) is 9.84 Å². The van der Waals surface area contributed by atoms with E-state index in [2.05, 4.69) is 21.2 Å². The smallest absolute Gasteiger partial charge is 0.238 e. The maximum atomic E-state index is 12.3. The van der Waals surface area contributed by atoms with Crippen LogP contribution in [0.5, 0.6) is 0 Å². The fourth-order valence-corrected chi connectivity index (χ4v) is 4.39. The van der Waals surface area contributed by atoms with Crippen LogP contribution in [0.3, 0.4) is 0 Å². The maximum Gasteiger partial charge on any atom is 0.238 e. The summed E-state index contributed by atoms with van der Waals surface area (Å²) in [7, 11) is -3.47. The number of amides is 1. The van der Waals surface area contributed by atoms with Gasteiger partial charge >= 0.3 is 0 Å². The molecule has 1 aliphatic rings. The number of carbonyl (C=O) groups excluding carboxylic acids is 1. The number of piperazine rings is 1. The van der Waals surface area contributed by atoms with Gasteiger partial charge in [0, 0.05) is 29.6 Å². The van der Waals surface area contributed by atoms with Gasteiger partial charge in [0.1, 0.15) is 5.75 Å². The fourth-order valence-electron chi connectivity index (χ4n) is 2.61. The highest BCUT2D eigenvalue weighted by atomic mass is 79.9. The van der Waals surface area contributed by atoms with Crippen LogP contribution in [-0.4, -0.2) is 50.2 Å². The van der Waals surface area contributed by atoms with E-state index >= 15 is 0 Å². The fraction of sp³-hybridized carbons (Fsp3) is 0.533. The third-order valence-corrected chi connectivity index (χ3v) is 5.93. The highest BCUT2D eigenvalue weighted by molar-refractivity contribution is 9.10. The van der Waals surface area contributed by atoms with E-state index in [1.165, 1.54) is 0 Å². The number of hydrogen-bond donors (Lipinski definition) is 1. The maximum absolute atomic E-state index is 12.3. The summed E-state index contributed by atoms with van der Waals surface area (Å²) in [6.07, 6.45) is 0. The molecule has 22 heavy (non-hydrogen) atoms. The topological polar surface area (TPSA) is 66.5 Å². The second-order valence-electron chi connectivity index (χ2n) is 5.73. The Morgan fingerprint density at radius 2 is 2.14 bits per heavy atom. The molecule has 2 unspecified atom stereocenters. The first-order valence-electron chi connectivity index (χ1n) is 7.26. The van der Waals surface area contributed by atoms with Crippen molar-refractivity contribution in [3.8, 4) is 0 Å². The van der Waals surface area contributed by atoms with Crippen molar-refractivity contribution in [1.82, 2.24) is 10.2 Å². The Morgan fingerprint density at radius 1 is 1.41 bits per heavy atom. The number of benzene rings is 1. The molecular formula is C15H21BrN2O3S. The molecule has 0 bridgehead atoms. The summed E-state index contributed by atoms with van der Waals surface area (Å²) in [5.41, 5.74) is 0.684. The van der Waals surface area contributed by atoms with Gasteiger partial charge in [-0.15, -0.1) is 0 Å². The molecule has 1 fully saturated rings. The summed E-state index contributed by atoms with van der Waals surface area (Å²) in [6.45, 7) is 5.19. The van der Waals surface area contributed by atoms with Crippen LogP contribution < -0.4 is 5.32 Å². The molecule has 2 atom stereocenters. The standard InChI is InChI=1S/C15H21BrN2O3S/c1-11-12(2)18(7-6-17-11)15(19)10-22(20,21)9-13-4-3-5-14(16)8-13/h3-5,8,11-12,17H,6-7,9-10H2,1-2H3. The molecule has 1 N–H and O–H groups in total. The number of nitrogens with one attached hydrogen (secondary N) is 1. The average Bonchev–Trinajstić information content (AvgIpc) is 2.40. The molecule has 0 radical (unpaired) electrons. The van der Waals surface area contributed by atoms with E-state index in [-0.39, 0.29) is 23.7 Å². The third-order valence-electron chi connectivity index (χ3n) is 3.97. The molecule has 0 aromatic heterocycles. The van der Waals surface area contributed by atoms with Crippen LogP contribution >= 0.6 is 15.9 Å². The van der Waals surface area contributed by atoms with Gasteiger partial charge in [-0.3, -0.25) is 4.79 Å². The van der Waals surface area contributed by atoms with Gasteiger partial charge in [0.05, 0.1) is 5.75 Å². The molecule has 0 spiro atoms. The summed E-state index contributed by atoms with van der Waals surface area (Å²) in [6, 6.07) is 7.31. The second kappa shape index (κ2) is 7.10. The van der Waals surface area contributed by atoms with Gasteiger partial charge in [-0.2, -0.15) is 0 Å². The zero-order valence-electron chi connectivity index (χ0n) is 12.8.